The minimum atomic E-state index is 0.168. The van der Waals surface area contributed by atoms with Gasteiger partial charge in [-0.1, -0.05) is 23.7 Å². The molecule has 16 heavy (non-hydrogen) atoms. The van der Waals surface area contributed by atoms with E-state index in [9.17, 15) is 0 Å². The van der Waals surface area contributed by atoms with Crippen LogP contribution in [-0.4, -0.2) is 18.1 Å². The number of rotatable bonds is 5. The van der Waals surface area contributed by atoms with Crippen molar-refractivity contribution in [2.24, 2.45) is 5.73 Å². The molecule has 90 valence electrons. The fraction of sp³-hybridized carbons (Fsp3) is 0.538. The molecule has 3 N–H and O–H groups in total. The Kier molecular flexibility index (Phi) is 5.26. The summed E-state index contributed by atoms with van der Waals surface area (Å²) in [5.74, 6) is 0. The first-order chi connectivity index (χ1) is 7.49. The second kappa shape index (κ2) is 6.24. The number of nitrogens with one attached hydrogen (secondary N) is 1. The Labute approximate surface area is 103 Å². The highest BCUT2D eigenvalue weighted by Crippen LogP contribution is 2.12. The van der Waals surface area contributed by atoms with Gasteiger partial charge in [-0.3, -0.25) is 0 Å². The molecule has 0 saturated heterocycles. The Balaban J connectivity index is 2.48. The largest absolute Gasteiger partial charge is 0.327 e. The van der Waals surface area contributed by atoms with Crippen LogP contribution in [0.15, 0.2) is 24.3 Å². The zero-order valence-corrected chi connectivity index (χ0v) is 11.0. The molecule has 1 rings (SSSR count). The highest BCUT2D eigenvalue weighted by molar-refractivity contribution is 6.30. The van der Waals surface area contributed by atoms with Crippen LogP contribution in [0.5, 0.6) is 0 Å². The van der Waals surface area contributed by atoms with Gasteiger partial charge in [0.15, 0.2) is 0 Å². The summed E-state index contributed by atoms with van der Waals surface area (Å²) in [6.07, 6.45) is 0.970. The second-order valence-corrected chi connectivity index (χ2v) is 4.99. The SMILES string of the molecule is CC(Cc1cccc(Cl)c1)NC(C)C(C)N. The number of benzene rings is 1. The fourth-order valence-corrected chi connectivity index (χ4v) is 1.89. The molecule has 0 radical (unpaired) electrons. The van der Waals surface area contributed by atoms with E-state index in [0.29, 0.717) is 12.1 Å². The molecule has 0 fully saturated rings. The van der Waals surface area contributed by atoms with Crippen molar-refractivity contribution in [1.82, 2.24) is 5.32 Å². The summed E-state index contributed by atoms with van der Waals surface area (Å²) >= 11 is 5.94. The van der Waals surface area contributed by atoms with Gasteiger partial charge in [0.1, 0.15) is 0 Å². The zero-order valence-electron chi connectivity index (χ0n) is 10.2. The van der Waals surface area contributed by atoms with Crippen LogP contribution in [0.25, 0.3) is 0 Å². The summed E-state index contributed by atoms with van der Waals surface area (Å²) in [6, 6.07) is 8.89. The minimum absolute atomic E-state index is 0.168. The third kappa shape index (κ3) is 4.52. The molecule has 0 aliphatic heterocycles. The van der Waals surface area contributed by atoms with E-state index in [2.05, 4.69) is 25.2 Å². The van der Waals surface area contributed by atoms with Crippen LogP contribution in [-0.2, 0) is 6.42 Å². The number of hydrogen-bond acceptors (Lipinski definition) is 2. The Bertz CT molecular complexity index is 325. The molecular weight excluding hydrogens is 220 g/mol. The maximum Gasteiger partial charge on any atom is 0.0408 e. The molecule has 0 spiro atoms. The van der Waals surface area contributed by atoms with E-state index in [1.165, 1.54) is 5.56 Å². The zero-order chi connectivity index (χ0) is 12.1. The van der Waals surface area contributed by atoms with Crippen LogP contribution in [0.3, 0.4) is 0 Å². The van der Waals surface area contributed by atoms with Gasteiger partial charge in [0, 0.05) is 23.1 Å². The quantitative estimate of drug-likeness (QED) is 0.831. The van der Waals surface area contributed by atoms with Crippen molar-refractivity contribution in [1.29, 1.82) is 0 Å². The Hall–Kier alpha value is -0.570. The van der Waals surface area contributed by atoms with Crippen molar-refractivity contribution < 1.29 is 0 Å². The minimum Gasteiger partial charge on any atom is -0.327 e. The summed E-state index contributed by atoms with van der Waals surface area (Å²) in [5, 5.41) is 4.28. The third-order valence-corrected chi connectivity index (χ3v) is 3.00. The topological polar surface area (TPSA) is 38.0 Å². The summed E-state index contributed by atoms with van der Waals surface area (Å²) in [7, 11) is 0. The van der Waals surface area contributed by atoms with Crippen molar-refractivity contribution in [2.75, 3.05) is 0 Å². The first-order valence-corrected chi connectivity index (χ1v) is 6.13. The van der Waals surface area contributed by atoms with Gasteiger partial charge in [-0.25, -0.2) is 0 Å². The van der Waals surface area contributed by atoms with E-state index < -0.39 is 0 Å². The van der Waals surface area contributed by atoms with E-state index in [1.54, 1.807) is 0 Å². The van der Waals surface area contributed by atoms with Gasteiger partial charge >= 0.3 is 0 Å². The van der Waals surface area contributed by atoms with Gasteiger partial charge in [-0.05, 0) is 44.9 Å². The molecular formula is C13H21ClN2. The molecule has 3 heteroatoms. The Morgan fingerprint density at radius 3 is 2.56 bits per heavy atom. The first kappa shape index (κ1) is 13.5. The van der Waals surface area contributed by atoms with E-state index in [-0.39, 0.29) is 6.04 Å². The van der Waals surface area contributed by atoms with Crippen LogP contribution in [0.4, 0.5) is 0 Å². The molecule has 3 atom stereocenters. The van der Waals surface area contributed by atoms with Gasteiger partial charge in [-0.2, -0.15) is 0 Å². The average molecular weight is 241 g/mol. The standard InChI is InChI=1S/C13H21ClN2/c1-9(16-11(3)10(2)15)7-12-5-4-6-13(14)8-12/h4-6,8-11,16H,7,15H2,1-3H3. The first-order valence-electron chi connectivity index (χ1n) is 5.75. The van der Waals surface area contributed by atoms with Crippen LogP contribution >= 0.6 is 11.6 Å². The second-order valence-electron chi connectivity index (χ2n) is 4.55. The highest BCUT2D eigenvalue weighted by atomic mass is 35.5. The summed E-state index contributed by atoms with van der Waals surface area (Å²) in [5.41, 5.74) is 7.07. The highest BCUT2D eigenvalue weighted by Gasteiger charge is 2.11. The molecule has 0 heterocycles. The van der Waals surface area contributed by atoms with Crippen molar-refractivity contribution in [3.8, 4) is 0 Å². The van der Waals surface area contributed by atoms with Crippen LogP contribution in [0.2, 0.25) is 5.02 Å². The van der Waals surface area contributed by atoms with E-state index >= 15 is 0 Å². The van der Waals surface area contributed by atoms with Crippen LogP contribution in [0.1, 0.15) is 26.3 Å². The average Bonchev–Trinajstić information content (AvgIpc) is 2.16. The van der Waals surface area contributed by atoms with Gasteiger partial charge in [0.05, 0.1) is 0 Å². The van der Waals surface area contributed by atoms with Crippen molar-refractivity contribution in [3.05, 3.63) is 34.9 Å². The molecule has 2 nitrogen and oxygen atoms in total. The lowest BCUT2D eigenvalue weighted by atomic mass is 10.1. The predicted molar refractivity (Wildman–Crippen MR) is 70.9 cm³/mol. The smallest absolute Gasteiger partial charge is 0.0408 e. The fourth-order valence-electron chi connectivity index (χ4n) is 1.68. The number of nitrogens with two attached hydrogens (primary N) is 1. The lowest BCUT2D eigenvalue weighted by molar-refractivity contribution is 0.420. The van der Waals surface area contributed by atoms with Gasteiger partial charge in [0.25, 0.3) is 0 Å². The monoisotopic (exact) mass is 240 g/mol. The molecule has 0 bridgehead atoms. The molecule has 0 saturated carbocycles. The summed E-state index contributed by atoms with van der Waals surface area (Å²) in [6.45, 7) is 6.29. The lowest BCUT2D eigenvalue weighted by Gasteiger charge is -2.22. The molecule has 1 aromatic rings. The Morgan fingerprint density at radius 1 is 1.31 bits per heavy atom. The van der Waals surface area contributed by atoms with Crippen molar-refractivity contribution in [2.45, 2.75) is 45.3 Å². The van der Waals surface area contributed by atoms with Gasteiger partial charge in [-0.15, -0.1) is 0 Å². The van der Waals surface area contributed by atoms with Crippen molar-refractivity contribution in [3.63, 3.8) is 0 Å². The molecule has 0 aliphatic carbocycles. The van der Waals surface area contributed by atoms with E-state index in [4.69, 9.17) is 17.3 Å². The normalized spacial score (nSPS) is 16.8. The number of halogens is 1. The maximum atomic E-state index is 5.94. The Morgan fingerprint density at radius 2 is 2.00 bits per heavy atom. The van der Waals surface area contributed by atoms with Crippen LogP contribution < -0.4 is 11.1 Å². The number of hydrogen-bond donors (Lipinski definition) is 2. The molecule has 0 aromatic heterocycles. The molecule has 3 unspecified atom stereocenters. The lowest BCUT2D eigenvalue weighted by Crippen LogP contribution is -2.45. The summed E-state index contributed by atoms with van der Waals surface area (Å²) in [4.78, 5) is 0. The van der Waals surface area contributed by atoms with E-state index in [0.717, 1.165) is 11.4 Å². The van der Waals surface area contributed by atoms with Crippen molar-refractivity contribution >= 4 is 11.6 Å². The molecule has 0 aliphatic rings. The van der Waals surface area contributed by atoms with Crippen LogP contribution in [0, 0.1) is 0 Å². The van der Waals surface area contributed by atoms with E-state index in [1.807, 2.05) is 25.1 Å². The molecule has 0 amide bonds. The third-order valence-electron chi connectivity index (χ3n) is 2.77. The summed E-state index contributed by atoms with van der Waals surface area (Å²) < 4.78 is 0. The van der Waals surface area contributed by atoms with Gasteiger partial charge in [0.2, 0.25) is 0 Å². The predicted octanol–water partition coefficient (Wildman–Crippen LogP) is 2.60. The van der Waals surface area contributed by atoms with Gasteiger partial charge < -0.3 is 11.1 Å². The maximum absolute atomic E-state index is 5.94. The molecule has 1 aromatic carbocycles.